The van der Waals surface area contributed by atoms with Crippen LogP contribution >= 0.6 is 0 Å². The fourth-order valence-electron chi connectivity index (χ4n) is 17.1. The number of aromatic nitrogens is 4. The molecule has 12 aromatic carbocycles. The average molecular weight is 1840 g/mol. The van der Waals surface area contributed by atoms with Gasteiger partial charge >= 0.3 is 0 Å². The third kappa shape index (κ3) is 13.3. The van der Waals surface area contributed by atoms with E-state index < -0.39 is 0 Å². The summed E-state index contributed by atoms with van der Waals surface area (Å²) in [6.07, 6.45) is 14.5. The van der Waals surface area contributed by atoms with Crippen LogP contribution in [0.5, 0.6) is 0 Å². The summed E-state index contributed by atoms with van der Waals surface area (Å²) in [5.41, 5.74) is 28.9. The van der Waals surface area contributed by atoms with Crippen molar-refractivity contribution in [3.05, 3.63) is 397 Å². The number of nitrogens with zero attached hydrogens (tertiary/aromatic N) is 12. The van der Waals surface area contributed by atoms with Gasteiger partial charge in [-0.25, -0.2) is 9.97 Å². The van der Waals surface area contributed by atoms with Crippen LogP contribution in [0.25, 0.3) is 67.4 Å². The van der Waals surface area contributed by atoms with E-state index >= 15 is 0 Å². The van der Waals surface area contributed by atoms with E-state index in [1.165, 1.54) is 77.8 Å². The van der Waals surface area contributed by atoms with Gasteiger partial charge in [-0.1, -0.05) is 203 Å². The van der Waals surface area contributed by atoms with E-state index in [4.69, 9.17) is 9.97 Å². The molecule has 0 unspecified atom stereocenters. The number of rotatable bonds is 12. The normalized spacial score (nSPS) is 13.5. The monoisotopic (exact) mass is 1840 g/mol. The zero-order valence-electron chi connectivity index (χ0n) is 64.4. The number of aryl methyl sites for hydroxylation is 8. The first kappa shape index (κ1) is 74.3. The molecule has 0 fully saturated rings. The van der Waals surface area contributed by atoms with Crippen molar-refractivity contribution in [2.24, 2.45) is 0 Å². The first-order valence-electron chi connectivity index (χ1n) is 38.2. The Balaban J connectivity index is 0.000000162. The van der Waals surface area contributed by atoms with Gasteiger partial charge in [0, 0.05) is 89.3 Å². The molecular weight excluding hydrogens is 1760 g/mol. The molecule has 566 valence electrons. The molecule has 0 spiro atoms. The van der Waals surface area contributed by atoms with Crippen molar-refractivity contribution >= 4 is 124 Å². The Bertz CT molecular complexity index is 6040. The summed E-state index contributed by atoms with van der Waals surface area (Å²) in [5, 5.41) is 4.60. The minimum absolute atomic E-state index is 0. The molecule has 4 aromatic heterocycles. The molecule has 0 radical (unpaired) electrons. The molecule has 114 heavy (non-hydrogen) atoms. The maximum atomic E-state index is 4.78. The number of para-hydroxylation sites is 6. The molecule has 8 heterocycles. The SMILES string of the molecule is Cc1cc(C)c(N(c2[c-]c(N3C=C(N4c5ccccc5C=Cc5ccccc54)N(C)[CH-]3)ccc2)c2[c-]c3c(cc2)c2ccccc2n3-c2ccccn2)c(C)c1.Cc1cc(C)c(N(c2[c-]c(N3C=C(N4c5ccccc5CCc5ccccc54)N(C)[CH-]3)ccc2)c2[c-]c3c(cc2)c2ccccc2n3-c2ccccn2)c(C)c1.[Pt].[Pt]. The van der Waals surface area contributed by atoms with E-state index in [0.29, 0.717) is 0 Å². The Kier molecular flexibility index (Phi) is 20.1. The van der Waals surface area contributed by atoms with Crippen LogP contribution in [0, 0.1) is 79.1 Å². The molecule has 0 N–H and O–H groups in total. The third-order valence-corrected chi connectivity index (χ3v) is 21.9. The maximum absolute atomic E-state index is 4.78. The molecule has 12 nitrogen and oxygen atoms in total. The summed E-state index contributed by atoms with van der Waals surface area (Å²) in [7, 11) is 4.23. The predicted octanol–water partition coefficient (Wildman–Crippen LogP) is 23.9. The van der Waals surface area contributed by atoms with Crippen LogP contribution in [-0.2, 0) is 55.0 Å². The van der Waals surface area contributed by atoms with E-state index in [-0.39, 0.29) is 42.1 Å². The summed E-state index contributed by atoms with van der Waals surface area (Å²) in [4.78, 5) is 27.7. The number of hydrogen-bond acceptors (Lipinski definition) is 10. The van der Waals surface area contributed by atoms with E-state index in [9.17, 15) is 0 Å². The van der Waals surface area contributed by atoms with Gasteiger partial charge in [0.1, 0.15) is 11.6 Å². The number of benzene rings is 12. The van der Waals surface area contributed by atoms with E-state index in [1.54, 1.807) is 0 Å². The average Bonchev–Trinajstić information content (AvgIpc) is 1.59. The maximum Gasteiger partial charge on any atom is 0.135 e. The molecule has 0 bridgehead atoms. The fourth-order valence-corrected chi connectivity index (χ4v) is 17.1. The van der Waals surface area contributed by atoms with Crippen LogP contribution in [0.1, 0.15) is 55.6 Å². The van der Waals surface area contributed by atoms with Crippen molar-refractivity contribution in [3.63, 3.8) is 0 Å². The van der Waals surface area contributed by atoms with Crippen molar-refractivity contribution < 1.29 is 42.1 Å². The van der Waals surface area contributed by atoms with Crippen molar-refractivity contribution in [3.8, 4) is 11.6 Å². The molecule has 14 heteroatoms. The molecule has 0 atom stereocenters. The molecule has 16 aromatic rings. The van der Waals surface area contributed by atoms with Gasteiger partial charge in [-0.3, -0.25) is 9.80 Å². The van der Waals surface area contributed by atoms with Crippen molar-refractivity contribution in [2.75, 3.05) is 43.5 Å². The van der Waals surface area contributed by atoms with Crippen molar-refractivity contribution in [1.29, 1.82) is 0 Å². The minimum Gasteiger partial charge on any atom is -0.498 e. The van der Waals surface area contributed by atoms with Crippen LogP contribution in [-0.4, -0.2) is 43.0 Å². The second-order valence-electron chi connectivity index (χ2n) is 29.4. The van der Waals surface area contributed by atoms with Crippen molar-refractivity contribution in [1.82, 2.24) is 28.9 Å². The van der Waals surface area contributed by atoms with E-state index in [2.05, 4.69) is 409 Å². The van der Waals surface area contributed by atoms with Crippen LogP contribution in [0.4, 0.5) is 68.2 Å². The summed E-state index contributed by atoms with van der Waals surface area (Å²) in [5.74, 6) is 3.84. The topological polar surface area (TPSA) is 61.6 Å². The second kappa shape index (κ2) is 30.9. The second-order valence-corrected chi connectivity index (χ2v) is 29.4. The minimum atomic E-state index is 0. The Labute approximate surface area is 695 Å². The van der Waals surface area contributed by atoms with Gasteiger partial charge in [0.25, 0.3) is 0 Å². The van der Waals surface area contributed by atoms with Gasteiger partial charge < -0.3 is 38.5 Å². The van der Waals surface area contributed by atoms with Crippen LogP contribution in [0.15, 0.2) is 303 Å². The number of anilines is 12. The zero-order valence-corrected chi connectivity index (χ0v) is 69.0. The van der Waals surface area contributed by atoms with Gasteiger partial charge in [0.05, 0.1) is 34.4 Å². The summed E-state index contributed by atoms with van der Waals surface area (Å²) < 4.78 is 4.44. The van der Waals surface area contributed by atoms with Gasteiger partial charge in [-0.05, 0) is 184 Å². The Morgan fingerprint density at radius 1 is 0.351 bits per heavy atom. The third-order valence-electron chi connectivity index (χ3n) is 21.9. The van der Waals surface area contributed by atoms with E-state index in [1.807, 2.05) is 36.7 Å². The summed E-state index contributed by atoms with van der Waals surface area (Å²) in [6.45, 7) is 17.4. The summed E-state index contributed by atoms with van der Waals surface area (Å²) >= 11 is 0. The smallest absolute Gasteiger partial charge is 0.135 e. The molecule has 0 saturated heterocycles. The molecule has 4 aliphatic heterocycles. The van der Waals surface area contributed by atoms with Crippen LogP contribution < -0.4 is 29.4 Å². The van der Waals surface area contributed by atoms with E-state index in [0.717, 1.165) is 126 Å². The predicted molar refractivity (Wildman–Crippen MR) is 462 cm³/mol. The van der Waals surface area contributed by atoms with Gasteiger partial charge in [-0.2, -0.15) is 37.6 Å². The standard InChI is InChI=1S/C50H41N6.C50H39N6.2Pt/c2*1-34-28-35(2)50(36(3)29-34)54(41-25-26-43-42-18-7-10-21-46(42)55(47(43)31-41)48-22-11-12-27-51-48)40-17-13-16-39(30-40)53-32-49(52(4)33-53)56-44-19-8-5-14-37(44)23-24-38-15-6-9-20-45(38)56;;/h5-22,25-29,32-33H,23-24H2,1-4H3;5-29,32-33H,1-4H3;;/q2*-3;;. The van der Waals surface area contributed by atoms with Crippen LogP contribution in [0.3, 0.4) is 0 Å². The first-order valence-corrected chi connectivity index (χ1v) is 38.2. The van der Waals surface area contributed by atoms with Gasteiger partial charge in [0.15, 0.2) is 0 Å². The molecular formula is C100H80N12Pt2-6. The molecule has 4 aliphatic rings. The number of hydrogen-bond donors (Lipinski definition) is 0. The fraction of sp³-hybridized carbons (Fsp3) is 0.100. The Hall–Kier alpha value is -12.5. The zero-order chi connectivity index (χ0) is 75.8. The number of fused-ring (bicyclic) bond motifs is 10. The van der Waals surface area contributed by atoms with Crippen LogP contribution in [0.2, 0.25) is 0 Å². The molecule has 0 saturated carbocycles. The quantitative estimate of drug-likeness (QED) is 0.111. The molecule has 0 aliphatic carbocycles. The Morgan fingerprint density at radius 3 is 1.14 bits per heavy atom. The summed E-state index contributed by atoms with van der Waals surface area (Å²) in [6, 6.07) is 110. The van der Waals surface area contributed by atoms with Gasteiger partial charge in [0.2, 0.25) is 0 Å². The Morgan fingerprint density at radius 2 is 0.719 bits per heavy atom. The van der Waals surface area contributed by atoms with Crippen molar-refractivity contribution in [2.45, 2.75) is 54.4 Å². The van der Waals surface area contributed by atoms with Gasteiger partial charge in [-0.15, -0.1) is 82.8 Å². The number of pyridine rings is 2. The first-order chi connectivity index (χ1) is 54.8. The molecule has 0 amide bonds. The largest absolute Gasteiger partial charge is 0.498 e. The molecule has 20 rings (SSSR count).